The summed E-state index contributed by atoms with van der Waals surface area (Å²) in [6.07, 6.45) is 0. The average molecular weight is 410 g/mol. The summed E-state index contributed by atoms with van der Waals surface area (Å²) in [5.41, 5.74) is 2.90. The highest BCUT2D eigenvalue weighted by molar-refractivity contribution is 7.18. The van der Waals surface area contributed by atoms with Crippen LogP contribution in [0.2, 0.25) is 5.15 Å². The number of nitrogens with zero attached hydrogens (tertiary/aromatic N) is 4. The Morgan fingerprint density at radius 1 is 1.07 bits per heavy atom. The zero-order chi connectivity index (χ0) is 19.5. The van der Waals surface area contributed by atoms with Crippen LogP contribution in [0.25, 0.3) is 10.6 Å². The SMILES string of the molecule is Cc1nn(Cc2ccccc2)c(Cl)c1C(=O)Nc1nnc(-c2ccccc2)s1. The van der Waals surface area contributed by atoms with Crippen molar-refractivity contribution in [1.82, 2.24) is 20.0 Å². The predicted molar refractivity (Wildman–Crippen MR) is 111 cm³/mol. The smallest absolute Gasteiger partial charge is 0.262 e. The van der Waals surface area contributed by atoms with Gasteiger partial charge in [-0.15, -0.1) is 10.2 Å². The third-order valence-corrected chi connectivity index (χ3v) is 5.41. The van der Waals surface area contributed by atoms with E-state index >= 15 is 0 Å². The van der Waals surface area contributed by atoms with E-state index < -0.39 is 0 Å². The Morgan fingerprint density at radius 2 is 1.75 bits per heavy atom. The average Bonchev–Trinajstić information content (AvgIpc) is 3.28. The van der Waals surface area contributed by atoms with Gasteiger partial charge in [-0.2, -0.15) is 5.10 Å². The minimum absolute atomic E-state index is 0.298. The Bertz CT molecular complexity index is 1110. The van der Waals surface area contributed by atoms with E-state index in [9.17, 15) is 4.79 Å². The molecular formula is C20H16ClN5OS. The van der Waals surface area contributed by atoms with E-state index in [1.807, 2.05) is 60.7 Å². The molecule has 0 aliphatic carbocycles. The van der Waals surface area contributed by atoms with Gasteiger partial charge in [0.05, 0.1) is 17.8 Å². The molecule has 0 radical (unpaired) electrons. The number of halogens is 1. The molecule has 140 valence electrons. The Morgan fingerprint density at radius 3 is 2.46 bits per heavy atom. The Labute approximate surface area is 170 Å². The van der Waals surface area contributed by atoms with E-state index in [-0.39, 0.29) is 5.91 Å². The number of hydrogen-bond donors (Lipinski definition) is 1. The second-order valence-corrected chi connectivity index (χ2v) is 7.46. The van der Waals surface area contributed by atoms with Crippen LogP contribution in [0.4, 0.5) is 5.13 Å². The maximum Gasteiger partial charge on any atom is 0.262 e. The molecule has 0 spiro atoms. The van der Waals surface area contributed by atoms with Crippen molar-refractivity contribution in [2.24, 2.45) is 0 Å². The van der Waals surface area contributed by atoms with Crippen LogP contribution in [0.5, 0.6) is 0 Å². The quantitative estimate of drug-likeness (QED) is 0.520. The van der Waals surface area contributed by atoms with Crippen molar-refractivity contribution in [3.05, 3.63) is 82.6 Å². The summed E-state index contributed by atoms with van der Waals surface area (Å²) in [5, 5.41) is 16.8. The van der Waals surface area contributed by atoms with Crippen LogP contribution < -0.4 is 5.32 Å². The first kappa shape index (κ1) is 18.3. The molecule has 2 aromatic heterocycles. The highest BCUT2D eigenvalue weighted by atomic mass is 35.5. The van der Waals surface area contributed by atoms with Crippen molar-refractivity contribution in [2.75, 3.05) is 5.32 Å². The van der Waals surface area contributed by atoms with Crippen LogP contribution in [0.1, 0.15) is 21.6 Å². The van der Waals surface area contributed by atoms with Gasteiger partial charge in [-0.3, -0.25) is 10.1 Å². The van der Waals surface area contributed by atoms with Crippen molar-refractivity contribution in [3.63, 3.8) is 0 Å². The fourth-order valence-corrected chi connectivity index (χ4v) is 3.87. The number of carbonyl (C=O) groups excluding carboxylic acids is 1. The second kappa shape index (κ2) is 7.92. The van der Waals surface area contributed by atoms with Gasteiger partial charge in [0.2, 0.25) is 5.13 Å². The summed E-state index contributed by atoms with van der Waals surface area (Å²) in [7, 11) is 0. The molecule has 0 aliphatic rings. The first-order chi connectivity index (χ1) is 13.6. The molecule has 1 amide bonds. The summed E-state index contributed by atoms with van der Waals surface area (Å²) in [4.78, 5) is 12.8. The largest absolute Gasteiger partial charge is 0.296 e. The molecule has 1 N–H and O–H groups in total. The lowest BCUT2D eigenvalue weighted by Crippen LogP contribution is -2.13. The van der Waals surface area contributed by atoms with Gasteiger partial charge in [0, 0.05) is 5.56 Å². The molecule has 8 heteroatoms. The molecule has 4 aromatic rings. The lowest BCUT2D eigenvalue weighted by Gasteiger charge is -2.04. The molecule has 0 unspecified atom stereocenters. The minimum Gasteiger partial charge on any atom is -0.296 e. The van der Waals surface area contributed by atoms with Crippen molar-refractivity contribution < 1.29 is 4.79 Å². The molecule has 0 saturated carbocycles. The van der Waals surface area contributed by atoms with Crippen LogP contribution in [-0.4, -0.2) is 25.9 Å². The van der Waals surface area contributed by atoms with Gasteiger partial charge < -0.3 is 0 Å². The van der Waals surface area contributed by atoms with Gasteiger partial charge in [0.15, 0.2) is 0 Å². The van der Waals surface area contributed by atoms with E-state index in [1.54, 1.807) is 11.6 Å². The van der Waals surface area contributed by atoms with Crippen molar-refractivity contribution >= 4 is 34.0 Å². The standard InChI is InChI=1S/C20H16ClN5OS/c1-13-16(17(21)26(25-13)12-14-8-4-2-5-9-14)18(27)22-20-24-23-19(28-20)15-10-6-3-7-11-15/h2-11H,12H2,1H3,(H,22,24,27). The molecule has 6 nitrogen and oxygen atoms in total. The van der Waals surface area contributed by atoms with Gasteiger partial charge in [0.25, 0.3) is 5.91 Å². The monoisotopic (exact) mass is 409 g/mol. The number of rotatable bonds is 5. The summed E-state index contributed by atoms with van der Waals surface area (Å²) < 4.78 is 1.62. The van der Waals surface area contributed by atoms with Crippen molar-refractivity contribution in [1.29, 1.82) is 0 Å². The first-order valence-corrected chi connectivity index (χ1v) is 9.78. The van der Waals surface area contributed by atoms with Gasteiger partial charge in [-0.25, -0.2) is 4.68 Å². The number of carbonyl (C=O) groups is 1. The summed E-state index contributed by atoms with van der Waals surface area (Å²) in [6, 6.07) is 19.5. The van der Waals surface area contributed by atoms with Gasteiger partial charge >= 0.3 is 0 Å². The molecule has 28 heavy (non-hydrogen) atoms. The van der Waals surface area contributed by atoms with E-state index in [2.05, 4.69) is 20.6 Å². The van der Waals surface area contributed by atoms with Crippen molar-refractivity contribution in [3.8, 4) is 10.6 Å². The number of hydrogen-bond acceptors (Lipinski definition) is 5. The van der Waals surface area contributed by atoms with E-state index in [4.69, 9.17) is 11.6 Å². The third-order valence-electron chi connectivity index (χ3n) is 4.13. The fraction of sp³-hybridized carbons (Fsp3) is 0.100. The fourth-order valence-electron chi connectivity index (χ4n) is 2.80. The number of benzene rings is 2. The molecular weight excluding hydrogens is 394 g/mol. The predicted octanol–water partition coefficient (Wildman–Crippen LogP) is 4.66. The molecule has 0 fully saturated rings. The lowest BCUT2D eigenvalue weighted by molar-refractivity contribution is 0.102. The highest BCUT2D eigenvalue weighted by Crippen LogP contribution is 2.27. The number of aryl methyl sites for hydroxylation is 1. The number of aromatic nitrogens is 4. The van der Waals surface area contributed by atoms with E-state index in [1.165, 1.54) is 11.3 Å². The van der Waals surface area contributed by atoms with Crippen LogP contribution in [0.3, 0.4) is 0 Å². The van der Waals surface area contributed by atoms with Crippen LogP contribution in [-0.2, 0) is 6.54 Å². The normalized spacial score (nSPS) is 10.8. The molecule has 2 heterocycles. The first-order valence-electron chi connectivity index (χ1n) is 8.59. The Kier molecular flexibility index (Phi) is 5.18. The third kappa shape index (κ3) is 3.81. The summed E-state index contributed by atoms with van der Waals surface area (Å²) in [5.74, 6) is -0.349. The summed E-state index contributed by atoms with van der Waals surface area (Å²) in [6.45, 7) is 2.25. The van der Waals surface area contributed by atoms with Gasteiger partial charge in [-0.05, 0) is 12.5 Å². The zero-order valence-corrected chi connectivity index (χ0v) is 16.5. The van der Waals surface area contributed by atoms with E-state index in [0.29, 0.717) is 28.1 Å². The minimum atomic E-state index is -0.349. The Hall–Kier alpha value is -3.03. The molecule has 4 rings (SSSR count). The Balaban J connectivity index is 1.53. The molecule has 0 aliphatic heterocycles. The topological polar surface area (TPSA) is 72.7 Å². The van der Waals surface area contributed by atoms with Crippen molar-refractivity contribution in [2.45, 2.75) is 13.5 Å². The maximum atomic E-state index is 12.8. The van der Waals surface area contributed by atoms with Crippen LogP contribution in [0, 0.1) is 6.92 Å². The zero-order valence-electron chi connectivity index (χ0n) is 15.0. The van der Waals surface area contributed by atoms with Gasteiger partial charge in [-0.1, -0.05) is 83.6 Å². The maximum absolute atomic E-state index is 12.8. The molecule has 0 bridgehead atoms. The van der Waals surface area contributed by atoms with Gasteiger partial charge in [0.1, 0.15) is 10.2 Å². The van der Waals surface area contributed by atoms with E-state index in [0.717, 1.165) is 16.1 Å². The highest BCUT2D eigenvalue weighted by Gasteiger charge is 2.21. The second-order valence-electron chi connectivity index (χ2n) is 6.13. The number of amides is 1. The summed E-state index contributed by atoms with van der Waals surface area (Å²) >= 11 is 7.75. The molecule has 0 saturated heterocycles. The lowest BCUT2D eigenvalue weighted by atomic mass is 10.2. The van der Waals surface area contributed by atoms with Crippen LogP contribution >= 0.6 is 22.9 Å². The molecule has 2 aromatic carbocycles. The van der Waals surface area contributed by atoms with Crippen LogP contribution in [0.15, 0.2) is 60.7 Å². The number of nitrogens with one attached hydrogen (secondary N) is 1. The number of anilines is 1. The molecule has 0 atom stereocenters.